The zero-order chi connectivity index (χ0) is 18.8. The van der Waals surface area contributed by atoms with Gasteiger partial charge in [0.15, 0.2) is 0 Å². The molecule has 27 heavy (non-hydrogen) atoms. The van der Waals surface area contributed by atoms with Crippen molar-refractivity contribution < 1.29 is 8.78 Å². The lowest BCUT2D eigenvalue weighted by atomic mass is 9.90. The maximum atomic E-state index is 14.1. The first-order valence-corrected chi connectivity index (χ1v) is 9.44. The molecule has 4 heteroatoms. The van der Waals surface area contributed by atoms with E-state index < -0.39 is 11.6 Å². The van der Waals surface area contributed by atoms with Crippen LogP contribution < -0.4 is 0 Å². The van der Waals surface area contributed by atoms with Gasteiger partial charge in [0, 0.05) is 17.7 Å². The summed E-state index contributed by atoms with van der Waals surface area (Å²) in [6.45, 7) is 0. The third-order valence-corrected chi connectivity index (χ3v) is 5.06. The van der Waals surface area contributed by atoms with Gasteiger partial charge in [0.25, 0.3) is 0 Å². The molecule has 4 rings (SSSR count). The standard InChI is InChI=1S/C23H17F2NS/c24-22-12-20(26-14-27)13-23(25)21(22)8-5-16-3-6-19-11-17(9-15-1-2-15)4-7-18(19)10-16/h4,7,10-13,15H,1-3,6,9H2. The molecule has 0 spiro atoms. The van der Waals surface area contributed by atoms with Crippen LogP contribution >= 0.6 is 12.2 Å². The third kappa shape index (κ3) is 4.22. The number of hydrogen-bond donors (Lipinski definition) is 0. The lowest BCUT2D eigenvalue weighted by molar-refractivity contribution is 0.578. The molecule has 0 aliphatic heterocycles. The van der Waals surface area contributed by atoms with E-state index in [9.17, 15) is 8.78 Å². The van der Waals surface area contributed by atoms with E-state index in [-0.39, 0.29) is 11.3 Å². The number of thiocarbonyl (C=S) groups is 1. The zero-order valence-corrected chi connectivity index (χ0v) is 15.5. The highest BCUT2D eigenvalue weighted by Gasteiger charge is 2.22. The molecule has 0 amide bonds. The van der Waals surface area contributed by atoms with Gasteiger partial charge in [-0.2, -0.15) is 4.99 Å². The molecular formula is C23H17F2NS. The number of fused-ring (bicyclic) bond motifs is 1. The van der Waals surface area contributed by atoms with Crippen LogP contribution in [0.3, 0.4) is 0 Å². The Labute approximate surface area is 162 Å². The Balaban J connectivity index is 1.58. The molecule has 0 atom stereocenters. The minimum atomic E-state index is -0.743. The van der Waals surface area contributed by atoms with Gasteiger partial charge in [0.05, 0.1) is 16.4 Å². The van der Waals surface area contributed by atoms with E-state index in [0.717, 1.165) is 42.0 Å². The van der Waals surface area contributed by atoms with E-state index in [4.69, 9.17) is 0 Å². The monoisotopic (exact) mass is 377 g/mol. The number of nitrogens with zero attached hydrogens (tertiary/aromatic N) is 1. The summed E-state index contributed by atoms with van der Waals surface area (Å²) in [4.78, 5) is 3.60. The maximum absolute atomic E-state index is 14.1. The lowest BCUT2D eigenvalue weighted by Crippen LogP contribution is -2.00. The summed E-state index contributed by atoms with van der Waals surface area (Å²) in [5.74, 6) is 4.96. The Bertz CT molecular complexity index is 1020. The van der Waals surface area contributed by atoms with Gasteiger partial charge in [0.1, 0.15) is 11.6 Å². The van der Waals surface area contributed by atoms with Crippen molar-refractivity contribution in [1.29, 1.82) is 0 Å². The van der Waals surface area contributed by atoms with Crippen LogP contribution in [0.25, 0.3) is 6.08 Å². The summed E-state index contributed by atoms with van der Waals surface area (Å²) in [6, 6.07) is 8.83. The van der Waals surface area contributed by atoms with Gasteiger partial charge in [0.2, 0.25) is 0 Å². The van der Waals surface area contributed by atoms with Crippen molar-refractivity contribution in [3.05, 3.63) is 69.8 Å². The lowest BCUT2D eigenvalue weighted by Gasteiger charge is -2.14. The highest BCUT2D eigenvalue weighted by Crippen LogP contribution is 2.34. The van der Waals surface area contributed by atoms with Crippen LogP contribution in [-0.2, 0) is 12.8 Å². The summed E-state index contributed by atoms with van der Waals surface area (Å²) in [5.41, 5.74) is 4.62. The number of rotatable bonds is 3. The van der Waals surface area contributed by atoms with Crippen LogP contribution in [0.4, 0.5) is 14.5 Å². The molecule has 2 aliphatic rings. The Morgan fingerprint density at radius 2 is 1.81 bits per heavy atom. The molecule has 2 aromatic rings. The average molecular weight is 377 g/mol. The number of benzene rings is 2. The van der Waals surface area contributed by atoms with Crippen molar-refractivity contribution in [2.75, 3.05) is 0 Å². The Morgan fingerprint density at radius 3 is 2.52 bits per heavy atom. The van der Waals surface area contributed by atoms with Gasteiger partial charge in [-0.25, -0.2) is 8.78 Å². The van der Waals surface area contributed by atoms with Gasteiger partial charge in [-0.3, -0.25) is 0 Å². The van der Waals surface area contributed by atoms with Crippen molar-refractivity contribution in [1.82, 2.24) is 0 Å². The molecule has 1 saturated carbocycles. The highest BCUT2D eigenvalue weighted by molar-refractivity contribution is 7.78. The van der Waals surface area contributed by atoms with E-state index in [1.54, 1.807) is 0 Å². The maximum Gasteiger partial charge on any atom is 0.143 e. The normalized spacial score (nSPS) is 15.1. The second-order valence-electron chi connectivity index (χ2n) is 7.09. The van der Waals surface area contributed by atoms with E-state index in [1.807, 2.05) is 6.08 Å². The van der Waals surface area contributed by atoms with Crippen molar-refractivity contribution in [2.45, 2.75) is 32.1 Å². The Hall–Kier alpha value is -2.60. The predicted octanol–water partition coefficient (Wildman–Crippen LogP) is 6.03. The molecule has 0 saturated heterocycles. The van der Waals surface area contributed by atoms with Crippen molar-refractivity contribution in [3.8, 4) is 11.8 Å². The van der Waals surface area contributed by atoms with E-state index in [2.05, 4.69) is 52.4 Å². The first-order valence-electron chi connectivity index (χ1n) is 9.03. The van der Waals surface area contributed by atoms with E-state index in [1.165, 1.54) is 30.4 Å². The van der Waals surface area contributed by atoms with Gasteiger partial charge >= 0.3 is 0 Å². The van der Waals surface area contributed by atoms with E-state index >= 15 is 0 Å². The van der Waals surface area contributed by atoms with Crippen molar-refractivity contribution in [2.24, 2.45) is 10.9 Å². The molecule has 134 valence electrons. The molecule has 2 aromatic carbocycles. The Morgan fingerprint density at radius 1 is 1.04 bits per heavy atom. The number of isothiocyanates is 1. The van der Waals surface area contributed by atoms with Crippen LogP contribution in [0.1, 0.15) is 41.5 Å². The fourth-order valence-electron chi connectivity index (χ4n) is 3.37. The molecule has 2 aliphatic carbocycles. The quantitative estimate of drug-likeness (QED) is 0.361. The average Bonchev–Trinajstić information content (AvgIpc) is 3.45. The fourth-order valence-corrected chi connectivity index (χ4v) is 3.47. The second kappa shape index (κ2) is 7.56. The zero-order valence-electron chi connectivity index (χ0n) is 14.7. The van der Waals surface area contributed by atoms with Crippen LogP contribution in [-0.4, -0.2) is 5.16 Å². The van der Waals surface area contributed by atoms with Crippen LogP contribution in [0.15, 0.2) is 40.9 Å². The topological polar surface area (TPSA) is 12.4 Å². The summed E-state index contributed by atoms with van der Waals surface area (Å²) < 4.78 is 28.2. The summed E-state index contributed by atoms with van der Waals surface area (Å²) in [6.07, 6.45) is 7.58. The predicted molar refractivity (Wildman–Crippen MR) is 107 cm³/mol. The molecule has 0 N–H and O–H groups in total. The van der Waals surface area contributed by atoms with Crippen molar-refractivity contribution in [3.63, 3.8) is 0 Å². The van der Waals surface area contributed by atoms with Crippen LogP contribution in [0.2, 0.25) is 0 Å². The number of allylic oxidation sites excluding steroid dienone is 1. The van der Waals surface area contributed by atoms with Gasteiger partial charge in [-0.1, -0.05) is 30.0 Å². The highest BCUT2D eigenvalue weighted by atomic mass is 32.1. The van der Waals surface area contributed by atoms with E-state index in [0.29, 0.717) is 0 Å². The Kier molecular flexibility index (Phi) is 4.99. The van der Waals surface area contributed by atoms with Crippen molar-refractivity contribution >= 4 is 29.1 Å². The summed E-state index contributed by atoms with van der Waals surface area (Å²) in [5, 5.41) is 2.10. The summed E-state index contributed by atoms with van der Waals surface area (Å²) in [7, 11) is 0. The first-order chi connectivity index (χ1) is 13.1. The minimum absolute atomic E-state index is 0.0957. The molecule has 1 nitrogen and oxygen atoms in total. The van der Waals surface area contributed by atoms with Crippen LogP contribution in [0.5, 0.6) is 0 Å². The minimum Gasteiger partial charge on any atom is -0.205 e. The number of halogens is 2. The molecule has 0 bridgehead atoms. The molecule has 0 aromatic heterocycles. The molecule has 0 unspecified atom stereocenters. The molecule has 0 radical (unpaired) electrons. The number of aryl methyl sites for hydroxylation is 1. The van der Waals surface area contributed by atoms with Gasteiger partial charge < -0.3 is 0 Å². The first kappa shape index (κ1) is 17.8. The van der Waals surface area contributed by atoms with Crippen LogP contribution in [0, 0.1) is 29.4 Å². The molecule has 1 fully saturated rings. The third-order valence-electron chi connectivity index (χ3n) is 4.97. The van der Waals surface area contributed by atoms with Gasteiger partial charge in [-0.05, 0) is 73.0 Å². The SMILES string of the molecule is Fc1cc(N=C=S)cc(F)c1C#CC1=Cc2ccc(CC3CC3)cc2CC1. The summed E-state index contributed by atoms with van der Waals surface area (Å²) >= 11 is 4.46. The second-order valence-corrected chi connectivity index (χ2v) is 7.27. The molecule has 0 heterocycles. The fraction of sp³-hybridized carbons (Fsp3) is 0.261. The smallest absolute Gasteiger partial charge is 0.143 e. The number of aliphatic imine (C=N–C) groups is 1. The van der Waals surface area contributed by atoms with Gasteiger partial charge in [-0.15, -0.1) is 0 Å². The largest absolute Gasteiger partial charge is 0.205 e. The molecular weight excluding hydrogens is 360 g/mol. The number of hydrogen-bond acceptors (Lipinski definition) is 2.